The highest BCUT2D eigenvalue weighted by Crippen LogP contribution is 2.40. The van der Waals surface area contributed by atoms with Crippen molar-refractivity contribution in [1.29, 1.82) is 0 Å². The lowest BCUT2D eigenvalue weighted by molar-refractivity contribution is 0.0884. The Bertz CT molecular complexity index is 443. The Labute approximate surface area is 115 Å². The zero-order chi connectivity index (χ0) is 13.4. The molecule has 0 radical (unpaired) electrons. The van der Waals surface area contributed by atoms with Crippen LogP contribution in [0.5, 0.6) is 0 Å². The van der Waals surface area contributed by atoms with Crippen LogP contribution in [0.3, 0.4) is 0 Å². The van der Waals surface area contributed by atoms with E-state index < -0.39 is 0 Å². The van der Waals surface area contributed by atoms with E-state index in [-0.39, 0.29) is 6.04 Å². The number of hydrogen-bond acceptors (Lipinski definition) is 3. The molecule has 2 N–H and O–H groups in total. The summed E-state index contributed by atoms with van der Waals surface area (Å²) >= 11 is 0. The van der Waals surface area contributed by atoms with Crippen molar-refractivity contribution in [2.45, 2.75) is 70.7 Å². The van der Waals surface area contributed by atoms with Crippen molar-refractivity contribution in [3.05, 3.63) is 17.5 Å². The van der Waals surface area contributed by atoms with Crippen molar-refractivity contribution >= 4 is 0 Å². The molecule has 1 aromatic heterocycles. The zero-order valence-corrected chi connectivity index (χ0v) is 12.0. The third-order valence-corrected chi connectivity index (χ3v) is 4.72. The SMILES string of the molecule is CCc1cc(CC(N)C2CC3CCC2O3)n(CC)n1. The van der Waals surface area contributed by atoms with E-state index in [1.54, 1.807) is 0 Å². The van der Waals surface area contributed by atoms with E-state index in [1.807, 2.05) is 0 Å². The van der Waals surface area contributed by atoms with Gasteiger partial charge in [0.2, 0.25) is 0 Å². The fraction of sp³-hybridized carbons (Fsp3) is 0.800. The minimum atomic E-state index is 0.210. The van der Waals surface area contributed by atoms with Crippen LogP contribution in [0.15, 0.2) is 6.07 Å². The lowest BCUT2D eigenvalue weighted by Crippen LogP contribution is -2.38. The van der Waals surface area contributed by atoms with Crippen molar-refractivity contribution in [3.8, 4) is 0 Å². The second-order valence-corrected chi connectivity index (χ2v) is 5.94. The molecule has 3 heterocycles. The van der Waals surface area contributed by atoms with Gasteiger partial charge >= 0.3 is 0 Å². The molecule has 19 heavy (non-hydrogen) atoms. The first kappa shape index (κ1) is 13.1. The summed E-state index contributed by atoms with van der Waals surface area (Å²) in [4.78, 5) is 0. The number of nitrogens with two attached hydrogens (primary N) is 1. The van der Waals surface area contributed by atoms with Crippen molar-refractivity contribution in [2.24, 2.45) is 11.7 Å². The summed E-state index contributed by atoms with van der Waals surface area (Å²) in [7, 11) is 0. The van der Waals surface area contributed by atoms with Gasteiger partial charge in [0.1, 0.15) is 0 Å². The first-order valence-electron chi connectivity index (χ1n) is 7.67. The molecule has 3 rings (SSSR count). The molecule has 2 saturated heterocycles. The maximum absolute atomic E-state index is 6.45. The van der Waals surface area contributed by atoms with Gasteiger partial charge in [0.05, 0.1) is 17.9 Å². The Morgan fingerprint density at radius 1 is 1.47 bits per heavy atom. The number of ether oxygens (including phenoxy) is 1. The van der Waals surface area contributed by atoms with Crippen LogP contribution in [-0.2, 0) is 24.1 Å². The van der Waals surface area contributed by atoms with E-state index in [0.29, 0.717) is 18.1 Å². The molecule has 0 saturated carbocycles. The van der Waals surface area contributed by atoms with Crippen LogP contribution in [0.1, 0.15) is 44.5 Å². The molecule has 0 spiro atoms. The van der Waals surface area contributed by atoms with Crippen LogP contribution in [-0.4, -0.2) is 28.0 Å². The average Bonchev–Trinajstić information content (AvgIpc) is 3.12. The molecular weight excluding hydrogens is 238 g/mol. The molecule has 2 fully saturated rings. The molecule has 2 aliphatic heterocycles. The van der Waals surface area contributed by atoms with E-state index in [9.17, 15) is 0 Å². The lowest BCUT2D eigenvalue weighted by atomic mass is 9.82. The van der Waals surface area contributed by atoms with E-state index in [1.165, 1.54) is 24.2 Å². The maximum Gasteiger partial charge on any atom is 0.0624 e. The van der Waals surface area contributed by atoms with Crippen LogP contribution in [0.4, 0.5) is 0 Å². The minimum Gasteiger partial charge on any atom is -0.375 e. The van der Waals surface area contributed by atoms with Gasteiger partial charge in [-0.25, -0.2) is 0 Å². The summed E-state index contributed by atoms with van der Waals surface area (Å²) in [5.74, 6) is 0.545. The fourth-order valence-electron chi connectivity index (χ4n) is 3.65. The number of rotatable bonds is 5. The second-order valence-electron chi connectivity index (χ2n) is 5.94. The minimum absolute atomic E-state index is 0.210. The summed E-state index contributed by atoms with van der Waals surface area (Å²) in [6.45, 7) is 5.22. The van der Waals surface area contributed by atoms with Gasteiger partial charge in [-0.3, -0.25) is 4.68 Å². The number of aromatic nitrogens is 2. The highest BCUT2D eigenvalue weighted by atomic mass is 16.5. The topological polar surface area (TPSA) is 53.1 Å². The largest absolute Gasteiger partial charge is 0.375 e. The molecule has 106 valence electrons. The normalized spacial score (nSPS) is 31.0. The van der Waals surface area contributed by atoms with Crippen LogP contribution in [0.25, 0.3) is 0 Å². The molecule has 1 aromatic rings. The number of nitrogens with zero attached hydrogens (tertiary/aromatic N) is 2. The van der Waals surface area contributed by atoms with Gasteiger partial charge in [-0.05, 0) is 38.7 Å². The highest BCUT2D eigenvalue weighted by molar-refractivity contribution is 5.13. The summed E-state index contributed by atoms with van der Waals surface area (Å²) < 4.78 is 8.03. The van der Waals surface area contributed by atoms with Crippen molar-refractivity contribution in [2.75, 3.05) is 0 Å². The molecule has 0 amide bonds. The first-order chi connectivity index (χ1) is 9.21. The van der Waals surface area contributed by atoms with Gasteiger partial charge in [0.15, 0.2) is 0 Å². The Balaban J connectivity index is 1.69. The van der Waals surface area contributed by atoms with E-state index in [2.05, 4.69) is 29.7 Å². The summed E-state index contributed by atoms with van der Waals surface area (Å²) in [5.41, 5.74) is 8.91. The van der Waals surface area contributed by atoms with Gasteiger partial charge in [-0.15, -0.1) is 0 Å². The third kappa shape index (κ3) is 2.43. The van der Waals surface area contributed by atoms with Gasteiger partial charge in [-0.1, -0.05) is 6.92 Å². The highest BCUT2D eigenvalue weighted by Gasteiger charge is 2.43. The molecule has 2 bridgehead atoms. The van der Waals surface area contributed by atoms with E-state index >= 15 is 0 Å². The zero-order valence-electron chi connectivity index (χ0n) is 12.0. The predicted molar refractivity (Wildman–Crippen MR) is 75.0 cm³/mol. The first-order valence-corrected chi connectivity index (χ1v) is 7.67. The Hall–Kier alpha value is -0.870. The van der Waals surface area contributed by atoms with Crippen LogP contribution in [0.2, 0.25) is 0 Å². The number of hydrogen-bond donors (Lipinski definition) is 1. The summed E-state index contributed by atoms with van der Waals surface area (Å²) in [6, 6.07) is 2.43. The quantitative estimate of drug-likeness (QED) is 0.883. The maximum atomic E-state index is 6.45. The molecule has 4 unspecified atom stereocenters. The molecule has 0 aliphatic carbocycles. The standard InChI is InChI=1S/C15H25N3O/c1-3-10-7-11(18(4-2)17-10)8-14(16)13-9-12-5-6-15(13)19-12/h7,12-15H,3-6,8-9,16H2,1-2H3. The Kier molecular flexibility index (Phi) is 3.63. The Morgan fingerprint density at radius 3 is 2.89 bits per heavy atom. The molecule has 4 nitrogen and oxygen atoms in total. The lowest BCUT2D eigenvalue weighted by Gasteiger charge is -2.25. The molecule has 2 aliphatic rings. The molecular formula is C15H25N3O. The summed E-state index contributed by atoms with van der Waals surface area (Å²) in [6.07, 6.45) is 6.43. The smallest absolute Gasteiger partial charge is 0.0624 e. The fourth-order valence-corrected chi connectivity index (χ4v) is 3.65. The van der Waals surface area contributed by atoms with Gasteiger partial charge < -0.3 is 10.5 Å². The van der Waals surface area contributed by atoms with Crippen LogP contribution in [0, 0.1) is 5.92 Å². The van der Waals surface area contributed by atoms with Crippen LogP contribution >= 0.6 is 0 Å². The molecule has 4 atom stereocenters. The van der Waals surface area contributed by atoms with Gasteiger partial charge in [0.25, 0.3) is 0 Å². The van der Waals surface area contributed by atoms with Crippen molar-refractivity contribution in [3.63, 3.8) is 0 Å². The van der Waals surface area contributed by atoms with Crippen molar-refractivity contribution in [1.82, 2.24) is 9.78 Å². The number of aryl methyl sites for hydroxylation is 2. The summed E-state index contributed by atoms with van der Waals surface area (Å²) in [5, 5.41) is 4.60. The molecule has 4 heteroatoms. The number of fused-ring (bicyclic) bond motifs is 2. The van der Waals surface area contributed by atoms with Gasteiger partial charge in [-0.2, -0.15) is 5.10 Å². The van der Waals surface area contributed by atoms with E-state index in [4.69, 9.17) is 10.5 Å². The average molecular weight is 263 g/mol. The second kappa shape index (κ2) is 5.25. The van der Waals surface area contributed by atoms with Crippen molar-refractivity contribution < 1.29 is 4.74 Å². The monoisotopic (exact) mass is 263 g/mol. The van der Waals surface area contributed by atoms with E-state index in [0.717, 1.165) is 25.8 Å². The Morgan fingerprint density at radius 2 is 2.32 bits per heavy atom. The molecule has 0 aromatic carbocycles. The van der Waals surface area contributed by atoms with Gasteiger partial charge in [0, 0.05) is 30.6 Å². The third-order valence-electron chi connectivity index (χ3n) is 4.72. The van der Waals surface area contributed by atoms with Crippen LogP contribution < -0.4 is 5.73 Å². The predicted octanol–water partition coefficient (Wildman–Crippen LogP) is 1.90.